The summed E-state index contributed by atoms with van der Waals surface area (Å²) in [6.45, 7) is 2.87. The van der Waals surface area contributed by atoms with Crippen molar-refractivity contribution in [3.63, 3.8) is 0 Å². The summed E-state index contributed by atoms with van der Waals surface area (Å²) in [4.78, 5) is 28.8. The first-order chi connectivity index (χ1) is 12.1. The van der Waals surface area contributed by atoms with Gasteiger partial charge in [0.05, 0.1) is 18.1 Å². The first-order valence-electron chi connectivity index (χ1n) is 8.76. The molecule has 0 saturated carbocycles. The van der Waals surface area contributed by atoms with E-state index in [0.717, 1.165) is 45.3 Å². The highest BCUT2D eigenvalue weighted by molar-refractivity contribution is 6.32. The van der Waals surface area contributed by atoms with Crippen molar-refractivity contribution in [2.75, 3.05) is 38.6 Å². The minimum absolute atomic E-state index is 0.0693. The highest BCUT2D eigenvalue weighted by Gasteiger charge is 2.31. The summed E-state index contributed by atoms with van der Waals surface area (Å²) in [6, 6.07) is 5.23. The minimum atomic E-state index is -0.193. The number of rotatable bonds is 3. The average Bonchev–Trinajstić information content (AvgIpc) is 3.16. The van der Waals surface area contributed by atoms with Crippen molar-refractivity contribution in [1.29, 1.82) is 0 Å². The van der Waals surface area contributed by atoms with Crippen LogP contribution < -0.4 is 10.1 Å². The number of nitrogens with zero attached hydrogens (tertiary/aromatic N) is 2. The van der Waals surface area contributed by atoms with E-state index < -0.39 is 0 Å². The van der Waals surface area contributed by atoms with E-state index in [9.17, 15) is 9.59 Å². The number of carbonyl (C=O) groups is 2. The van der Waals surface area contributed by atoms with Crippen molar-refractivity contribution in [2.24, 2.45) is 5.92 Å². The molecule has 1 N–H and O–H groups in total. The Bertz CT molecular complexity index is 646. The fourth-order valence-corrected chi connectivity index (χ4v) is 3.72. The Morgan fingerprint density at radius 2 is 1.88 bits per heavy atom. The van der Waals surface area contributed by atoms with Gasteiger partial charge < -0.3 is 19.9 Å². The van der Waals surface area contributed by atoms with Crippen molar-refractivity contribution < 1.29 is 14.3 Å². The van der Waals surface area contributed by atoms with E-state index in [1.807, 2.05) is 9.80 Å². The van der Waals surface area contributed by atoms with Crippen LogP contribution in [0.4, 0.5) is 10.5 Å². The second-order valence-electron chi connectivity index (χ2n) is 6.60. The molecule has 3 amide bonds. The number of halogens is 1. The Hall–Kier alpha value is -1.95. The van der Waals surface area contributed by atoms with Crippen LogP contribution in [-0.2, 0) is 4.79 Å². The van der Waals surface area contributed by atoms with Crippen LogP contribution in [-0.4, -0.2) is 55.0 Å². The molecule has 0 spiro atoms. The normalized spacial score (nSPS) is 20.5. The van der Waals surface area contributed by atoms with E-state index in [2.05, 4.69) is 5.32 Å². The van der Waals surface area contributed by atoms with E-state index in [1.165, 1.54) is 0 Å². The minimum Gasteiger partial charge on any atom is -0.495 e. The van der Waals surface area contributed by atoms with Gasteiger partial charge >= 0.3 is 6.03 Å². The highest BCUT2D eigenvalue weighted by Crippen LogP contribution is 2.28. The van der Waals surface area contributed by atoms with Crippen LogP contribution in [0.15, 0.2) is 18.2 Å². The largest absolute Gasteiger partial charge is 0.495 e. The van der Waals surface area contributed by atoms with Crippen LogP contribution in [0.3, 0.4) is 0 Å². The first kappa shape index (κ1) is 17.9. The van der Waals surface area contributed by atoms with Gasteiger partial charge in [-0.2, -0.15) is 0 Å². The summed E-state index contributed by atoms with van der Waals surface area (Å²) < 4.78 is 5.12. The summed E-state index contributed by atoms with van der Waals surface area (Å²) in [5.74, 6) is 0.307. The SMILES string of the molecule is COc1ccc(NC(=O)[C@@H]2CCCN(C(=O)N3CCCC3)C2)cc1Cl. The summed E-state index contributed by atoms with van der Waals surface area (Å²) in [5.41, 5.74) is 0.638. The summed E-state index contributed by atoms with van der Waals surface area (Å²) in [5, 5.41) is 3.36. The summed E-state index contributed by atoms with van der Waals surface area (Å²) in [6.07, 6.45) is 3.78. The van der Waals surface area contributed by atoms with Gasteiger partial charge in [0.2, 0.25) is 5.91 Å². The number of benzene rings is 1. The molecule has 0 radical (unpaired) electrons. The molecular weight excluding hydrogens is 342 g/mol. The van der Waals surface area contributed by atoms with Crippen molar-refractivity contribution in [2.45, 2.75) is 25.7 Å². The molecule has 2 heterocycles. The zero-order valence-electron chi connectivity index (χ0n) is 14.5. The Morgan fingerprint density at radius 1 is 1.16 bits per heavy atom. The van der Waals surface area contributed by atoms with E-state index in [-0.39, 0.29) is 17.9 Å². The van der Waals surface area contributed by atoms with Gasteiger partial charge in [0.25, 0.3) is 0 Å². The molecule has 2 saturated heterocycles. The Balaban J connectivity index is 1.59. The summed E-state index contributed by atoms with van der Waals surface area (Å²) in [7, 11) is 1.55. The topological polar surface area (TPSA) is 61.9 Å². The number of ether oxygens (including phenoxy) is 1. The lowest BCUT2D eigenvalue weighted by atomic mass is 9.97. The number of carbonyl (C=O) groups excluding carboxylic acids is 2. The zero-order valence-corrected chi connectivity index (χ0v) is 15.2. The lowest BCUT2D eigenvalue weighted by Gasteiger charge is -2.34. The lowest BCUT2D eigenvalue weighted by molar-refractivity contribution is -0.121. The molecule has 3 rings (SSSR count). The molecule has 1 aromatic rings. The molecule has 1 atom stereocenters. The fraction of sp³-hybridized carbons (Fsp3) is 0.556. The Labute approximate surface area is 153 Å². The molecular formula is C18H24ClN3O3. The van der Waals surface area contributed by atoms with Gasteiger partial charge in [0, 0.05) is 31.9 Å². The van der Waals surface area contributed by atoms with Crippen molar-refractivity contribution in [3.8, 4) is 5.75 Å². The number of hydrogen-bond acceptors (Lipinski definition) is 3. The number of likely N-dealkylation sites (tertiary alicyclic amines) is 2. The standard InChI is InChI=1S/C18H24ClN3O3/c1-25-16-7-6-14(11-15(16)19)20-17(23)13-5-4-10-22(12-13)18(24)21-8-2-3-9-21/h6-7,11,13H,2-5,8-10,12H2,1H3,(H,20,23)/t13-/m1/s1. The van der Waals surface area contributed by atoms with Gasteiger partial charge in [-0.3, -0.25) is 4.79 Å². The van der Waals surface area contributed by atoms with Crippen LogP contribution in [0.5, 0.6) is 5.75 Å². The van der Waals surface area contributed by atoms with Crippen molar-refractivity contribution in [3.05, 3.63) is 23.2 Å². The smallest absolute Gasteiger partial charge is 0.320 e. The maximum absolute atomic E-state index is 12.6. The molecule has 0 unspecified atom stereocenters. The van der Waals surface area contributed by atoms with E-state index in [4.69, 9.17) is 16.3 Å². The van der Waals surface area contributed by atoms with Crippen LogP contribution in [0.2, 0.25) is 5.02 Å². The fourth-order valence-electron chi connectivity index (χ4n) is 3.46. The van der Waals surface area contributed by atoms with E-state index in [0.29, 0.717) is 23.0 Å². The molecule has 7 heteroatoms. The molecule has 0 aliphatic carbocycles. The molecule has 0 aromatic heterocycles. The van der Waals surface area contributed by atoms with Gasteiger partial charge in [0.15, 0.2) is 0 Å². The molecule has 25 heavy (non-hydrogen) atoms. The average molecular weight is 366 g/mol. The van der Waals surface area contributed by atoms with Crippen LogP contribution in [0, 0.1) is 5.92 Å². The predicted octanol–water partition coefficient (Wildman–Crippen LogP) is 3.21. The zero-order chi connectivity index (χ0) is 17.8. The number of methoxy groups -OCH3 is 1. The molecule has 6 nitrogen and oxygen atoms in total. The second kappa shape index (κ2) is 7.95. The van der Waals surface area contributed by atoms with Gasteiger partial charge in [-0.15, -0.1) is 0 Å². The maximum Gasteiger partial charge on any atom is 0.320 e. The third-order valence-corrected chi connectivity index (χ3v) is 5.15. The van der Waals surface area contributed by atoms with Gasteiger partial charge in [0.1, 0.15) is 5.75 Å². The first-order valence-corrected chi connectivity index (χ1v) is 9.14. The molecule has 136 valence electrons. The van der Waals surface area contributed by atoms with Gasteiger partial charge in [-0.25, -0.2) is 4.79 Å². The second-order valence-corrected chi connectivity index (χ2v) is 7.01. The Morgan fingerprint density at radius 3 is 2.56 bits per heavy atom. The molecule has 2 aliphatic heterocycles. The molecule has 2 aliphatic rings. The highest BCUT2D eigenvalue weighted by atomic mass is 35.5. The van der Waals surface area contributed by atoms with Crippen LogP contribution >= 0.6 is 11.6 Å². The summed E-state index contributed by atoms with van der Waals surface area (Å²) >= 11 is 6.10. The monoisotopic (exact) mass is 365 g/mol. The van der Waals surface area contributed by atoms with Crippen molar-refractivity contribution >= 4 is 29.2 Å². The van der Waals surface area contributed by atoms with Gasteiger partial charge in [-0.05, 0) is 43.9 Å². The third kappa shape index (κ3) is 4.18. The number of urea groups is 1. The number of amides is 3. The molecule has 0 bridgehead atoms. The maximum atomic E-state index is 12.6. The van der Waals surface area contributed by atoms with Gasteiger partial charge in [-0.1, -0.05) is 11.6 Å². The third-order valence-electron chi connectivity index (χ3n) is 4.86. The molecule has 1 aromatic carbocycles. The lowest BCUT2D eigenvalue weighted by Crippen LogP contribution is -2.48. The number of hydrogen-bond donors (Lipinski definition) is 1. The predicted molar refractivity (Wildman–Crippen MR) is 97.1 cm³/mol. The van der Waals surface area contributed by atoms with Crippen LogP contribution in [0.25, 0.3) is 0 Å². The number of anilines is 1. The number of nitrogens with one attached hydrogen (secondary N) is 1. The Kier molecular flexibility index (Phi) is 5.68. The van der Waals surface area contributed by atoms with E-state index in [1.54, 1.807) is 25.3 Å². The van der Waals surface area contributed by atoms with Crippen LogP contribution in [0.1, 0.15) is 25.7 Å². The van der Waals surface area contributed by atoms with E-state index >= 15 is 0 Å². The van der Waals surface area contributed by atoms with Crippen molar-refractivity contribution in [1.82, 2.24) is 9.80 Å². The number of piperidine rings is 1. The quantitative estimate of drug-likeness (QED) is 0.894. The molecule has 2 fully saturated rings.